The molecule has 2 aromatic rings. The lowest BCUT2D eigenvalue weighted by molar-refractivity contribution is -0.117. The Morgan fingerprint density at radius 2 is 1.86 bits per heavy atom. The van der Waals surface area contributed by atoms with Crippen molar-refractivity contribution in [3.63, 3.8) is 0 Å². The number of fused-ring (bicyclic) bond motifs is 1. The zero-order valence-corrected chi connectivity index (χ0v) is 14.9. The Hall–Kier alpha value is -1.55. The first kappa shape index (κ1) is 16.8. The summed E-state index contributed by atoms with van der Waals surface area (Å²) < 4.78 is 5.26. The van der Waals surface area contributed by atoms with Gasteiger partial charge in [-0.1, -0.05) is 53.5 Å². The summed E-state index contributed by atoms with van der Waals surface area (Å²) in [5.41, 5.74) is 0.802. The molecule has 118 valence electrons. The Balaban J connectivity index is 2.34. The summed E-state index contributed by atoms with van der Waals surface area (Å²) in [7, 11) is 0. The van der Waals surface area contributed by atoms with E-state index in [1.165, 1.54) is 0 Å². The number of alkyl halides is 1. The van der Waals surface area contributed by atoms with Gasteiger partial charge in [0.05, 0.1) is 10.9 Å². The van der Waals surface area contributed by atoms with E-state index in [1.54, 1.807) is 0 Å². The number of benzene rings is 2. The molecule has 0 saturated carbocycles. The molecule has 0 radical (unpaired) electrons. The highest BCUT2D eigenvalue weighted by Gasteiger charge is 2.24. The van der Waals surface area contributed by atoms with Gasteiger partial charge in [-0.2, -0.15) is 0 Å². The van der Waals surface area contributed by atoms with Crippen molar-refractivity contribution in [3.8, 4) is 5.75 Å². The second-order valence-electron chi connectivity index (χ2n) is 5.79. The molecule has 0 fully saturated rings. The van der Waals surface area contributed by atoms with Crippen LogP contribution < -0.4 is 10.1 Å². The topological polar surface area (TPSA) is 38.3 Å². The van der Waals surface area contributed by atoms with Crippen LogP contribution >= 0.6 is 15.9 Å². The highest BCUT2D eigenvalue weighted by atomic mass is 79.9. The number of unbranched alkanes of at least 4 members (excludes halogenated alkanes) is 1. The number of amides is 1. The molecule has 22 heavy (non-hydrogen) atoms. The van der Waals surface area contributed by atoms with E-state index in [-0.39, 0.29) is 5.91 Å². The van der Waals surface area contributed by atoms with E-state index in [9.17, 15) is 4.79 Å². The second-order valence-corrected chi connectivity index (χ2v) is 7.77. The molecule has 2 rings (SSSR count). The van der Waals surface area contributed by atoms with Crippen LogP contribution in [-0.4, -0.2) is 16.8 Å². The van der Waals surface area contributed by atoms with Crippen LogP contribution in [0.5, 0.6) is 5.75 Å². The van der Waals surface area contributed by atoms with Crippen LogP contribution in [0.25, 0.3) is 10.8 Å². The molecule has 0 aromatic heterocycles. The van der Waals surface area contributed by atoms with Crippen LogP contribution in [0, 0.1) is 0 Å². The van der Waals surface area contributed by atoms with E-state index < -0.39 is 4.32 Å². The number of hydrogen-bond acceptors (Lipinski definition) is 2. The summed E-state index contributed by atoms with van der Waals surface area (Å²) in [4.78, 5) is 12.2. The predicted molar refractivity (Wildman–Crippen MR) is 96.0 cm³/mol. The number of nitrogens with one attached hydrogen (secondary N) is 1. The smallest absolute Gasteiger partial charge is 0.240 e. The summed E-state index contributed by atoms with van der Waals surface area (Å²) in [6.45, 7) is 6.50. The number of ether oxygens (including phenoxy) is 1. The summed E-state index contributed by atoms with van der Waals surface area (Å²) in [6, 6.07) is 11.8. The lowest BCUT2D eigenvalue weighted by Crippen LogP contribution is -2.31. The normalized spacial score (nSPS) is 11.5. The Kier molecular flexibility index (Phi) is 5.46. The third-order valence-electron chi connectivity index (χ3n) is 3.43. The third kappa shape index (κ3) is 4.01. The molecule has 1 N–H and O–H groups in total. The van der Waals surface area contributed by atoms with Gasteiger partial charge in [0.15, 0.2) is 0 Å². The number of carbonyl (C=O) groups excluding carboxylic acids is 1. The van der Waals surface area contributed by atoms with Gasteiger partial charge >= 0.3 is 0 Å². The molecule has 0 aliphatic rings. The van der Waals surface area contributed by atoms with Gasteiger partial charge in [0.1, 0.15) is 5.75 Å². The Morgan fingerprint density at radius 3 is 2.50 bits per heavy atom. The fourth-order valence-corrected chi connectivity index (χ4v) is 2.20. The third-order valence-corrected chi connectivity index (χ3v) is 3.79. The van der Waals surface area contributed by atoms with Crippen LogP contribution in [0.1, 0.15) is 33.6 Å². The van der Waals surface area contributed by atoms with Gasteiger partial charge in [0.25, 0.3) is 0 Å². The molecule has 1 amide bonds. The first-order valence-corrected chi connectivity index (χ1v) is 8.37. The van der Waals surface area contributed by atoms with Crippen molar-refractivity contribution in [2.75, 3.05) is 11.9 Å². The van der Waals surface area contributed by atoms with E-state index in [2.05, 4.69) is 28.2 Å². The van der Waals surface area contributed by atoms with Crippen LogP contribution in [0.3, 0.4) is 0 Å². The summed E-state index contributed by atoms with van der Waals surface area (Å²) in [5.74, 6) is 0.789. The van der Waals surface area contributed by atoms with Gasteiger partial charge in [0.2, 0.25) is 5.91 Å². The van der Waals surface area contributed by atoms with Crippen molar-refractivity contribution in [2.24, 2.45) is 0 Å². The van der Waals surface area contributed by atoms with Crippen LogP contribution in [-0.2, 0) is 4.79 Å². The predicted octanol–water partition coefficient (Wildman–Crippen LogP) is 5.13. The summed E-state index contributed by atoms with van der Waals surface area (Å²) >= 11 is 3.39. The van der Waals surface area contributed by atoms with Gasteiger partial charge < -0.3 is 10.1 Å². The maximum Gasteiger partial charge on any atom is 0.240 e. The molecule has 4 heteroatoms. The molecule has 2 aromatic carbocycles. The van der Waals surface area contributed by atoms with Crippen molar-refractivity contribution in [1.82, 2.24) is 0 Å². The molecular weight excluding hydrogens is 342 g/mol. The van der Waals surface area contributed by atoms with Gasteiger partial charge in [-0.3, -0.25) is 4.79 Å². The van der Waals surface area contributed by atoms with Gasteiger partial charge in [-0.25, -0.2) is 0 Å². The van der Waals surface area contributed by atoms with Crippen molar-refractivity contribution < 1.29 is 9.53 Å². The Morgan fingerprint density at radius 1 is 1.18 bits per heavy atom. The molecule has 0 atom stereocenters. The number of halogens is 1. The SMILES string of the molecule is CCCCOc1ccc(NC(=O)C(C)(C)Br)c2ccccc12. The molecule has 0 aliphatic carbocycles. The van der Waals surface area contributed by atoms with Crippen LogP contribution in [0.4, 0.5) is 5.69 Å². The van der Waals surface area contributed by atoms with Gasteiger partial charge in [-0.05, 0) is 32.4 Å². The zero-order valence-electron chi connectivity index (χ0n) is 13.3. The highest BCUT2D eigenvalue weighted by molar-refractivity contribution is 9.10. The molecule has 0 spiro atoms. The van der Waals surface area contributed by atoms with E-state index in [4.69, 9.17) is 4.74 Å². The minimum atomic E-state index is -0.607. The average molecular weight is 364 g/mol. The van der Waals surface area contributed by atoms with Crippen LogP contribution in [0.2, 0.25) is 0 Å². The molecule has 0 unspecified atom stereocenters. The molecule has 0 saturated heterocycles. The van der Waals surface area contributed by atoms with Gasteiger partial charge in [0, 0.05) is 16.5 Å². The van der Waals surface area contributed by atoms with Crippen LogP contribution in [0.15, 0.2) is 36.4 Å². The maximum atomic E-state index is 12.2. The minimum absolute atomic E-state index is 0.0719. The van der Waals surface area contributed by atoms with E-state index in [0.717, 1.165) is 35.1 Å². The molecule has 0 aliphatic heterocycles. The lowest BCUT2D eigenvalue weighted by Gasteiger charge is -2.18. The fourth-order valence-electron chi connectivity index (χ4n) is 2.10. The first-order chi connectivity index (χ1) is 10.4. The van der Waals surface area contributed by atoms with E-state index in [1.807, 2.05) is 50.2 Å². The largest absolute Gasteiger partial charge is 0.493 e. The monoisotopic (exact) mass is 363 g/mol. The number of anilines is 1. The Bertz CT molecular complexity index is 662. The fraction of sp³-hybridized carbons (Fsp3) is 0.389. The van der Waals surface area contributed by atoms with Crippen molar-refractivity contribution in [1.29, 1.82) is 0 Å². The van der Waals surface area contributed by atoms with Crippen molar-refractivity contribution >= 4 is 38.3 Å². The average Bonchev–Trinajstić information content (AvgIpc) is 2.48. The summed E-state index contributed by atoms with van der Waals surface area (Å²) in [6.07, 6.45) is 2.14. The maximum absolute atomic E-state index is 12.2. The molecule has 0 bridgehead atoms. The van der Waals surface area contributed by atoms with Crippen molar-refractivity contribution in [3.05, 3.63) is 36.4 Å². The first-order valence-electron chi connectivity index (χ1n) is 7.58. The quantitative estimate of drug-likeness (QED) is 0.570. The highest BCUT2D eigenvalue weighted by Crippen LogP contribution is 2.32. The summed E-state index contributed by atoms with van der Waals surface area (Å²) in [5, 5.41) is 4.98. The van der Waals surface area contributed by atoms with E-state index >= 15 is 0 Å². The standard InChI is InChI=1S/C18H22BrNO2/c1-4-5-12-22-16-11-10-15(20-17(21)18(2,3)19)13-8-6-7-9-14(13)16/h6-11H,4-5,12H2,1-3H3,(H,20,21). The lowest BCUT2D eigenvalue weighted by atomic mass is 10.1. The second kappa shape index (κ2) is 7.14. The molecule has 3 nitrogen and oxygen atoms in total. The van der Waals surface area contributed by atoms with Crippen molar-refractivity contribution in [2.45, 2.75) is 37.9 Å². The van der Waals surface area contributed by atoms with Gasteiger partial charge in [-0.15, -0.1) is 0 Å². The minimum Gasteiger partial charge on any atom is -0.493 e. The van der Waals surface area contributed by atoms with E-state index in [0.29, 0.717) is 6.61 Å². The number of carbonyl (C=O) groups is 1. The molecular formula is C18H22BrNO2. The Labute approximate surface area is 140 Å². The zero-order chi connectivity index (χ0) is 16.2. The number of rotatable bonds is 6. The molecule has 0 heterocycles. The number of hydrogen-bond donors (Lipinski definition) is 1.